The van der Waals surface area contributed by atoms with E-state index >= 15 is 0 Å². The predicted octanol–water partition coefficient (Wildman–Crippen LogP) is 3.39. The first-order valence-electron chi connectivity index (χ1n) is 9.36. The maximum atomic E-state index is 12.7. The number of likely N-dealkylation sites (N-methyl/N-ethyl adjacent to an activating group) is 1. The summed E-state index contributed by atoms with van der Waals surface area (Å²) < 4.78 is 26.3. The fraction of sp³-hybridized carbons (Fsp3) is 0.130. The van der Waals surface area contributed by atoms with E-state index in [4.69, 9.17) is 5.26 Å². The number of fused-ring (bicyclic) bond motifs is 3. The van der Waals surface area contributed by atoms with Gasteiger partial charge < -0.3 is 5.32 Å². The van der Waals surface area contributed by atoms with Crippen LogP contribution in [0.4, 0.5) is 5.69 Å². The number of benzene rings is 3. The second kappa shape index (κ2) is 7.75. The van der Waals surface area contributed by atoms with Gasteiger partial charge in [-0.15, -0.1) is 0 Å². The molecule has 0 heterocycles. The van der Waals surface area contributed by atoms with Crippen molar-refractivity contribution in [2.45, 2.75) is 11.3 Å². The molecule has 30 heavy (non-hydrogen) atoms. The summed E-state index contributed by atoms with van der Waals surface area (Å²) in [6.07, 6.45) is 0.808. The summed E-state index contributed by atoms with van der Waals surface area (Å²) in [4.78, 5) is 12.5. The van der Waals surface area contributed by atoms with Gasteiger partial charge in [0.1, 0.15) is 0 Å². The molecule has 3 aromatic carbocycles. The Morgan fingerprint density at radius 1 is 1.03 bits per heavy atom. The minimum atomic E-state index is -3.83. The molecule has 0 radical (unpaired) electrons. The van der Waals surface area contributed by atoms with Crippen LogP contribution in [0.3, 0.4) is 0 Å². The molecule has 1 amide bonds. The smallest absolute Gasteiger partial charge is 0.243 e. The van der Waals surface area contributed by atoms with Gasteiger partial charge in [-0.3, -0.25) is 4.79 Å². The van der Waals surface area contributed by atoms with Gasteiger partial charge in [-0.25, -0.2) is 8.42 Å². The second-order valence-corrected chi connectivity index (χ2v) is 9.20. The van der Waals surface area contributed by atoms with E-state index in [0.29, 0.717) is 11.3 Å². The molecule has 0 aliphatic heterocycles. The Balaban J connectivity index is 1.44. The molecule has 150 valence electrons. The van der Waals surface area contributed by atoms with Crippen molar-refractivity contribution in [2.75, 3.05) is 18.9 Å². The van der Waals surface area contributed by atoms with Crippen molar-refractivity contribution in [2.24, 2.45) is 0 Å². The van der Waals surface area contributed by atoms with E-state index < -0.39 is 15.9 Å². The third kappa shape index (κ3) is 3.71. The molecule has 6 nitrogen and oxygen atoms in total. The number of carbonyl (C=O) groups excluding carboxylic acids is 1. The van der Waals surface area contributed by atoms with Crippen LogP contribution in [-0.4, -0.2) is 32.2 Å². The normalized spacial score (nSPS) is 12.2. The highest BCUT2D eigenvalue weighted by atomic mass is 32.2. The van der Waals surface area contributed by atoms with E-state index in [1.165, 1.54) is 42.4 Å². The lowest BCUT2D eigenvalue weighted by Crippen LogP contribution is -2.35. The maximum absolute atomic E-state index is 12.7. The van der Waals surface area contributed by atoms with Gasteiger partial charge in [0, 0.05) is 12.7 Å². The van der Waals surface area contributed by atoms with Crippen LogP contribution in [0.1, 0.15) is 16.7 Å². The van der Waals surface area contributed by atoms with Crippen molar-refractivity contribution in [3.63, 3.8) is 0 Å². The average molecular weight is 417 g/mol. The summed E-state index contributed by atoms with van der Waals surface area (Å²) in [7, 11) is -2.48. The molecular weight excluding hydrogens is 398 g/mol. The van der Waals surface area contributed by atoms with Crippen molar-refractivity contribution in [1.82, 2.24) is 4.31 Å². The highest BCUT2D eigenvalue weighted by molar-refractivity contribution is 7.89. The molecule has 0 spiro atoms. The van der Waals surface area contributed by atoms with Gasteiger partial charge in [0.25, 0.3) is 0 Å². The zero-order valence-corrected chi connectivity index (χ0v) is 17.1. The first-order valence-corrected chi connectivity index (χ1v) is 10.8. The molecule has 1 aliphatic carbocycles. The van der Waals surface area contributed by atoms with E-state index in [2.05, 4.69) is 17.4 Å². The van der Waals surface area contributed by atoms with Crippen molar-refractivity contribution in [1.29, 1.82) is 5.26 Å². The van der Waals surface area contributed by atoms with Crippen LogP contribution in [0.2, 0.25) is 0 Å². The van der Waals surface area contributed by atoms with Crippen LogP contribution in [0, 0.1) is 11.3 Å². The summed E-state index contributed by atoms with van der Waals surface area (Å²) >= 11 is 0. The SMILES string of the molecule is CN(CC(=O)Nc1ccc2c(c1)Cc1ccccc1-2)S(=O)(=O)c1ccc(C#N)cc1. The van der Waals surface area contributed by atoms with E-state index in [1.54, 1.807) is 0 Å². The molecule has 0 unspecified atom stereocenters. The predicted molar refractivity (Wildman–Crippen MR) is 114 cm³/mol. The number of rotatable bonds is 5. The molecular formula is C23H19N3O3S. The van der Waals surface area contributed by atoms with Crippen LogP contribution in [0.15, 0.2) is 71.6 Å². The molecule has 7 heteroatoms. The van der Waals surface area contributed by atoms with E-state index in [9.17, 15) is 13.2 Å². The largest absolute Gasteiger partial charge is 0.325 e. The lowest BCUT2D eigenvalue weighted by atomic mass is 10.1. The van der Waals surface area contributed by atoms with E-state index in [-0.39, 0.29) is 11.4 Å². The van der Waals surface area contributed by atoms with Crippen LogP contribution in [0.25, 0.3) is 11.1 Å². The zero-order valence-electron chi connectivity index (χ0n) is 16.3. The summed E-state index contributed by atoms with van der Waals surface area (Å²) in [5, 5.41) is 11.6. The topological polar surface area (TPSA) is 90.3 Å². The number of hydrogen-bond donors (Lipinski definition) is 1. The number of nitriles is 1. The first kappa shape index (κ1) is 19.8. The van der Waals surface area contributed by atoms with Gasteiger partial charge in [-0.1, -0.05) is 30.3 Å². The summed E-state index contributed by atoms with van der Waals surface area (Å²) in [5.74, 6) is -0.426. The fourth-order valence-corrected chi connectivity index (χ4v) is 4.72. The average Bonchev–Trinajstić information content (AvgIpc) is 3.11. The molecule has 1 aliphatic rings. The van der Waals surface area contributed by atoms with E-state index in [1.807, 2.05) is 36.4 Å². The highest BCUT2D eigenvalue weighted by Gasteiger charge is 2.23. The third-order valence-corrected chi connectivity index (χ3v) is 6.95. The van der Waals surface area contributed by atoms with Crippen LogP contribution in [-0.2, 0) is 21.2 Å². The van der Waals surface area contributed by atoms with Crippen LogP contribution < -0.4 is 5.32 Å². The Labute approximate surface area is 175 Å². The molecule has 0 fully saturated rings. The third-order valence-electron chi connectivity index (χ3n) is 5.14. The Morgan fingerprint density at radius 2 is 1.73 bits per heavy atom. The Morgan fingerprint density at radius 3 is 2.47 bits per heavy atom. The minimum absolute atomic E-state index is 0.0343. The van der Waals surface area contributed by atoms with Crippen LogP contribution in [0.5, 0.6) is 0 Å². The van der Waals surface area contributed by atoms with Crippen molar-refractivity contribution >= 4 is 21.6 Å². The van der Waals surface area contributed by atoms with Crippen LogP contribution >= 0.6 is 0 Å². The zero-order chi connectivity index (χ0) is 21.3. The van der Waals surface area contributed by atoms with Crippen molar-refractivity contribution < 1.29 is 13.2 Å². The number of carbonyl (C=O) groups is 1. The minimum Gasteiger partial charge on any atom is -0.325 e. The second-order valence-electron chi connectivity index (χ2n) is 7.15. The molecule has 0 aromatic heterocycles. The number of nitrogens with zero attached hydrogens (tertiary/aromatic N) is 2. The van der Waals surface area contributed by atoms with Gasteiger partial charge in [0.05, 0.1) is 23.1 Å². The monoisotopic (exact) mass is 417 g/mol. The Bertz CT molecular complexity index is 1280. The molecule has 0 saturated heterocycles. The summed E-state index contributed by atoms with van der Waals surface area (Å²) in [6.45, 7) is -0.320. The molecule has 4 rings (SSSR count). The molecule has 0 saturated carbocycles. The van der Waals surface area contributed by atoms with E-state index in [0.717, 1.165) is 21.9 Å². The number of nitrogens with one attached hydrogen (secondary N) is 1. The quantitative estimate of drug-likeness (QED) is 0.539. The van der Waals surface area contributed by atoms with Crippen molar-refractivity contribution in [3.05, 3.63) is 83.4 Å². The fourth-order valence-electron chi connectivity index (χ4n) is 3.59. The molecule has 3 aromatic rings. The van der Waals surface area contributed by atoms with Gasteiger partial charge in [0.15, 0.2) is 0 Å². The van der Waals surface area contributed by atoms with Crippen molar-refractivity contribution in [3.8, 4) is 17.2 Å². The summed E-state index contributed by atoms with van der Waals surface area (Å²) in [6, 6.07) is 21.5. The molecule has 0 bridgehead atoms. The first-order chi connectivity index (χ1) is 14.4. The number of sulfonamides is 1. The highest BCUT2D eigenvalue weighted by Crippen LogP contribution is 2.37. The van der Waals surface area contributed by atoms with Gasteiger partial charge in [0.2, 0.25) is 15.9 Å². The van der Waals surface area contributed by atoms with Gasteiger partial charge in [-0.05, 0) is 65.1 Å². The summed E-state index contributed by atoms with van der Waals surface area (Å²) in [5.41, 5.74) is 5.75. The van der Waals surface area contributed by atoms with Gasteiger partial charge >= 0.3 is 0 Å². The van der Waals surface area contributed by atoms with Gasteiger partial charge in [-0.2, -0.15) is 9.57 Å². The molecule has 0 atom stereocenters. The maximum Gasteiger partial charge on any atom is 0.243 e. The number of anilines is 1. The molecule has 1 N–H and O–H groups in total. The number of amides is 1. The number of hydrogen-bond acceptors (Lipinski definition) is 4. The lowest BCUT2D eigenvalue weighted by Gasteiger charge is -2.17. The Kier molecular flexibility index (Phi) is 5.12. The Hall–Kier alpha value is -3.47. The standard InChI is InChI=1S/C23H19N3O3S/c1-26(30(28,29)20-9-6-16(14-24)7-10-20)15-23(27)25-19-8-11-22-18(13-19)12-17-4-2-3-5-21(17)22/h2-11,13H,12,15H2,1H3,(H,25,27). The lowest BCUT2D eigenvalue weighted by molar-refractivity contribution is -0.116.